The summed E-state index contributed by atoms with van der Waals surface area (Å²) < 4.78 is 5.36. The predicted octanol–water partition coefficient (Wildman–Crippen LogP) is 3.66. The van der Waals surface area contributed by atoms with Gasteiger partial charge in [-0.2, -0.15) is 0 Å². The molecule has 82 valence electrons. The van der Waals surface area contributed by atoms with Crippen molar-refractivity contribution < 1.29 is 14.3 Å². The van der Waals surface area contributed by atoms with Gasteiger partial charge in [-0.15, -0.1) is 0 Å². The van der Waals surface area contributed by atoms with Crippen LogP contribution in [0.15, 0.2) is 22.6 Å². The second-order valence-corrected chi connectivity index (χ2v) is 4.45. The van der Waals surface area contributed by atoms with Gasteiger partial charge >= 0.3 is 5.97 Å². The number of aromatic carboxylic acids is 1. The van der Waals surface area contributed by atoms with Crippen molar-refractivity contribution >= 4 is 28.5 Å². The summed E-state index contributed by atoms with van der Waals surface area (Å²) in [6, 6.07) is 5.39. The van der Waals surface area contributed by atoms with E-state index in [1.807, 2.05) is 12.1 Å². The van der Waals surface area contributed by atoms with Crippen molar-refractivity contribution in [1.82, 2.24) is 0 Å². The molecule has 3 rings (SSSR count). The number of halogens is 1. The number of fused-ring (bicyclic) bond motifs is 1. The van der Waals surface area contributed by atoms with Crippen molar-refractivity contribution in [3.8, 4) is 0 Å². The number of carbonyl (C=O) groups is 1. The Hall–Kier alpha value is -1.48. The van der Waals surface area contributed by atoms with Gasteiger partial charge < -0.3 is 9.52 Å². The maximum absolute atomic E-state index is 11.1. The summed E-state index contributed by atoms with van der Waals surface area (Å²) in [5, 5.41) is 10.4. The Balaban J connectivity index is 2.37. The first-order valence-electron chi connectivity index (χ1n) is 5.12. The van der Waals surface area contributed by atoms with E-state index >= 15 is 0 Å². The molecule has 1 saturated carbocycles. The molecule has 0 amide bonds. The third-order valence-corrected chi connectivity index (χ3v) is 3.18. The van der Waals surface area contributed by atoms with Crippen LogP contribution in [-0.4, -0.2) is 11.1 Å². The minimum absolute atomic E-state index is 0.0469. The number of hydrogen-bond acceptors (Lipinski definition) is 2. The zero-order chi connectivity index (χ0) is 11.3. The molecule has 3 nitrogen and oxygen atoms in total. The third-order valence-electron chi connectivity index (χ3n) is 2.89. The molecule has 0 bridgehead atoms. The maximum Gasteiger partial charge on any atom is 0.372 e. The van der Waals surface area contributed by atoms with Crippen LogP contribution in [0.25, 0.3) is 11.0 Å². The molecule has 0 saturated heterocycles. The van der Waals surface area contributed by atoms with Gasteiger partial charge in [0.1, 0.15) is 0 Å². The van der Waals surface area contributed by atoms with Crippen LogP contribution in [0.3, 0.4) is 0 Å². The molecule has 1 N–H and O–H groups in total. The first-order chi connectivity index (χ1) is 7.68. The van der Waals surface area contributed by atoms with Crippen LogP contribution in [0.2, 0.25) is 5.02 Å². The fraction of sp³-hybridized carbons (Fsp3) is 0.250. The van der Waals surface area contributed by atoms with Crippen molar-refractivity contribution in [3.63, 3.8) is 0 Å². The first kappa shape index (κ1) is 9.73. The number of carboxylic acids is 1. The molecule has 1 fully saturated rings. The van der Waals surface area contributed by atoms with Gasteiger partial charge in [0.2, 0.25) is 5.76 Å². The zero-order valence-electron chi connectivity index (χ0n) is 8.37. The van der Waals surface area contributed by atoms with Crippen LogP contribution in [-0.2, 0) is 0 Å². The second-order valence-electron chi connectivity index (χ2n) is 4.04. The van der Waals surface area contributed by atoms with Gasteiger partial charge in [-0.25, -0.2) is 4.79 Å². The average Bonchev–Trinajstić information content (AvgIpc) is 2.99. The molecule has 4 heteroatoms. The van der Waals surface area contributed by atoms with Gasteiger partial charge in [0, 0.05) is 10.9 Å². The first-order valence-corrected chi connectivity index (χ1v) is 5.50. The lowest BCUT2D eigenvalue weighted by atomic mass is 10.1. The van der Waals surface area contributed by atoms with E-state index < -0.39 is 5.97 Å². The molecular weight excluding hydrogens is 228 g/mol. The van der Waals surface area contributed by atoms with E-state index in [1.54, 1.807) is 6.07 Å². The molecule has 0 aliphatic heterocycles. The number of hydrogen-bond donors (Lipinski definition) is 1. The van der Waals surface area contributed by atoms with E-state index in [9.17, 15) is 4.79 Å². The number of furan rings is 1. The Morgan fingerprint density at radius 2 is 2.19 bits per heavy atom. The Labute approximate surface area is 96.6 Å². The Kier molecular flexibility index (Phi) is 1.98. The normalized spacial score (nSPS) is 15.6. The summed E-state index contributed by atoms with van der Waals surface area (Å²) in [5.74, 6) is -0.648. The average molecular weight is 237 g/mol. The SMILES string of the molecule is O=C(O)c1oc2c(Cl)cccc2c1C1CC1. The molecule has 1 aromatic heterocycles. The number of para-hydroxylation sites is 1. The van der Waals surface area contributed by atoms with E-state index in [2.05, 4.69) is 0 Å². The molecule has 0 atom stereocenters. The lowest BCUT2D eigenvalue weighted by Crippen LogP contribution is -1.97. The van der Waals surface area contributed by atoms with Crippen molar-refractivity contribution in [2.45, 2.75) is 18.8 Å². The standard InChI is InChI=1S/C12H9ClO3/c13-8-3-1-2-7-9(6-4-5-6)11(12(14)15)16-10(7)8/h1-3,6H,4-5H2,(H,14,15). The highest BCUT2D eigenvalue weighted by Gasteiger charge is 2.33. The second kappa shape index (κ2) is 3.25. The van der Waals surface area contributed by atoms with Crippen LogP contribution in [0.4, 0.5) is 0 Å². The predicted molar refractivity (Wildman–Crippen MR) is 60.2 cm³/mol. The number of benzene rings is 1. The van der Waals surface area contributed by atoms with Crippen LogP contribution in [0.5, 0.6) is 0 Å². The molecule has 1 aliphatic carbocycles. The van der Waals surface area contributed by atoms with Gasteiger partial charge in [-0.1, -0.05) is 23.7 Å². The molecule has 1 aliphatic rings. The van der Waals surface area contributed by atoms with Crippen molar-refractivity contribution in [1.29, 1.82) is 0 Å². The maximum atomic E-state index is 11.1. The molecule has 16 heavy (non-hydrogen) atoms. The largest absolute Gasteiger partial charge is 0.475 e. The van der Waals surface area contributed by atoms with E-state index in [0.29, 0.717) is 16.5 Å². The zero-order valence-corrected chi connectivity index (χ0v) is 9.12. The highest BCUT2D eigenvalue weighted by molar-refractivity contribution is 6.35. The van der Waals surface area contributed by atoms with Crippen LogP contribution in [0, 0.1) is 0 Å². The lowest BCUT2D eigenvalue weighted by Gasteiger charge is -1.95. The topological polar surface area (TPSA) is 50.4 Å². The van der Waals surface area contributed by atoms with Crippen LogP contribution >= 0.6 is 11.6 Å². The minimum atomic E-state index is -1.02. The van der Waals surface area contributed by atoms with E-state index in [4.69, 9.17) is 21.1 Å². The van der Waals surface area contributed by atoms with E-state index in [-0.39, 0.29) is 5.76 Å². The summed E-state index contributed by atoms with van der Waals surface area (Å²) in [5.41, 5.74) is 1.30. The van der Waals surface area contributed by atoms with Crippen LogP contribution < -0.4 is 0 Å². The molecule has 1 aromatic carbocycles. The van der Waals surface area contributed by atoms with Gasteiger partial charge in [-0.3, -0.25) is 0 Å². The Bertz CT molecular complexity index is 581. The van der Waals surface area contributed by atoms with Gasteiger partial charge in [-0.05, 0) is 24.8 Å². The fourth-order valence-corrected chi connectivity index (χ4v) is 2.25. The summed E-state index contributed by atoms with van der Waals surface area (Å²) in [7, 11) is 0. The highest BCUT2D eigenvalue weighted by Crippen LogP contribution is 2.47. The Morgan fingerprint density at radius 1 is 1.44 bits per heavy atom. The molecule has 0 unspecified atom stereocenters. The van der Waals surface area contributed by atoms with E-state index in [0.717, 1.165) is 23.8 Å². The van der Waals surface area contributed by atoms with Crippen LogP contribution in [0.1, 0.15) is 34.9 Å². The van der Waals surface area contributed by atoms with Crippen molar-refractivity contribution in [2.75, 3.05) is 0 Å². The number of carboxylic acid groups (broad SMARTS) is 1. The Morgan fingerprint density at radius 3 is 2.81 bits per heavy atom. The molecular formula is C12H9ClO3. The summed E-state index contributed by atoms with van der Waals surface area (Å²) >= 11 is 5.99. The quantitative estimate of drug-likeness (QED) is 0.866. The van der Waals surface area contributed by atoms with Crippen molar-refractivity contribution in [3.05, 3.63) is 34.5 Å². The smallest absolute Gasteiger partial charge is 0.372 e. The van der Waals surface area contributed by atoms with Gasteiger partial charge in [0.05, 0.1) is 5.02 Å². The molecule has 0 spiro atoms. The summed E-state index contributed by atoms with van der Waals surface area (Å²) in [6.07, 6.45) is 2.06. The monoisotopic (exact) mass is 236 g/mol. The van der Waals surface area contributed by atoms with Gasteiger partial charge in [0.25, 0.3) is 0 Å². The van der Waals surface area contributed by atoms with E-state index in [1.165, 1.54) is 0 Å². The third kappa shape index (κ3) is 1.32. The minimum Gasteiger partial charge on any atom is -0.475 e. The fourth-order valence-electron chi connectivity index (χ4n) is 2.04. The summed E-state index contributed by atoms with van der Waals surface area (Å²) in [4.78, 5) is 11.1. The lowest BCUT2D eigenvalue weighted by molar-refractivity contribution is 0.0663. The number of rotatable bonds is 2. The van der Waals surface area contributed by atoms with Gasteiger partial charge in [0.15, 0.2) is 5.58 Å². The summed E-state index contributed by atoms with van der Waals surface area (Å²) in [6.45, 7) is 0. The molecule has 1 heterocycles. The molecule has 2 aromatic rings. The van der Waals surface area contributed by atoms with Crippen molar-refractivity contribution in [2.24, 2.45) is 0 Å². The highest BCUT2D eigenvalue weighted by atomic mass is 35.5. The molecule has 0 radical (unpaired) electrons.